The van der Waals surface area contributed by atoms with Crippen LogP contribution in [0.5, 0.6) is 5.75 Å². The molecule has 2 nitrogen and oxygen atoms in total. The lowest BCUT2D eigenvalue weighted by atomic mass is 9.88. The fourth-order valence-electron chi connectivity index (χ4n) is 2.65. The Morgan fingerprint density at radius 3 is 2.83 bits per heavy atom. The van der Waals surface area contributed by atoms with E-state index in [4.69, 9.17) is 22.1 Å². The summed E-state index contributed by atoms with van der Waals surface area (Å²) in [6.07, 6.45) is 5.19. The molecule has 100 valence electrons. The molecule has 3 atom stereocenters. The average molecular weight is 268 g/mol. The number of hydrogen-bond donors (Lipinski definition) is 1. The summed E-state index contributed by atoms with van der Waals surface area (Å²) in [5.41, 5.74) is 6.98. The average Bonchev–Trinajstić information content (AvgIpc) is 2.31. The van der Waals surface area contributed by atoms with Gasteiger partial charge in [-0.2, -0.15) is 0 Å². The molecule has 0 aromatic heterocycles. The Labute approximate surface area is 114 Å². The number of benzene rings is 1. The number of hydrogen-bond acceptors (Lipinski definition) is 2. The van der Waals surface area contributed by atoms with Gasteiger partial charge in [0.15, 0.2) is 0 Å². The quantitative estimate of drug-likeness (QED) is 0.885. The zero-order chi connectivity index (χ0) is 13.1. The van der Waals surface area contributed by atoms with Gasteiger partial charge in [-0.05, 0) is 50.3 Å². The molecule has 18 heavy (non-hydrogen) atoms. The predicted octanol–water partition coefficient (Wildman–Crippen LogP) is 4.32. The van der Waals surface area contributed by atoms with E-state index in [9.17, 15) is 0 Å². The van der Waals surface area contributed by atoms with Crippen molar-refractivity contribution in [2.75, 3.05) is 0 Å². The first-order valence-corrected chi connectivity index (χ1v) is 7.15. The van der Waals surface area contributed by atoms with E-state index in [-0.39, 0.29) is 6.04 Å². The molecule has 0 saturated heterocycles. The molecule has 1 fully saturated rings. The maximum Gasteiger partial charge on any atom is 0.124 e. The van der Waals surface area contributed by atoms with Gasteiger partial charge in [0, 0.05) is 16.6 Å². The van der Waals surface area contributed by atoms with E-state index in [0.29, 0.717) is 11.1 Å². The van der Waals surface area contributed by atoms with E-state index in [0.717, 1.165) is 30.1 Å². The molecule has 2 N–H and O–H groups in total. The highest BCUT2D eigenvalue weighted by molar-refractivity contribution is 6.30. The van der Waals surface area contributed by atoms with Gasteiger partial charge in [-0.25, -0.2) is 0 Å². The van der Waals surface area contributed by atoms with Crippen LogP contribution in [0.4, 0.5) is 0 Å². The third-order valence-corrected chi connectivity index (χ3v) is 3.88. The summed E-state index contributed by atoms with van der Waals surface area (Å²) in [5, 5.41) is 0.715. The maximum atomic E-state index is 6.13. The minimum absolute atomic E-state index is 0.0558. The highest BCUT2D eigenvalue weighted by Crippen LogP contribution is 2.32. The Hall–Kier alpha value is -0.730. The lowest BCUT2D eigenvalue weighted by Crippen LogP contribution is -2.25. The van der Waals surface area contributed by atoms with Gasteiger partial charge < -0.3 is 10.5 Å². The lowest BCUT2D eigenvalue weighted by molar-refractivity contribution is 0.127. The van der Waals surface area contributed by atoms with Crippen molar-refractivity contribution in [1.29, 1.82) is 0 Å². The van der Waals surface area contributed by atoms with E-state index in [2.05, 4.69) is 6.92 Å². The molecule has 1 aromatic rings. The molecule has 1 aromatic carbocycles. The van der Waals surface area contributed by atoms with Gasteiger partial charge in [0.1, 0.15) is 5.75 Å². The second-order valence-electron chi connectivity index (χ2n) is 5.48. The van der Waals surface area contributed by atoms with Crippen molar-refractivity contribution in [3.8, 4) is 5.75 Å². The fourth-order valence-corrected chi connectivity index (χ4v) is 2.83. The first kappa shape index (κ1) is 13.7. The van der Waals surface area contributed by atoms with E-state index in [1.807, 2.05) is 25.1 Å². The van der Waals surface area contributed by atoms with Crippen LogP contribution in [-0.4, -0.2) is 6.10 Å². The van der Waals surface area contributed by atoms with Gasteiger partial charge in [0.25, 0.3) is 0 Å². The second kappa shape index (κ2) is 5.94. The summed E-state index contributed by atoms with van der Waals surface area (Å²) >= 11 is 6.02. The molecule has 3 heteroatoms. The molecule has 0 spiro atoms. The highest BCUT2D eigenvalue weighted by Gasteiger charge is 2.21. The first-order valence-electron chi connectivity index (χ1n) is 6.78. The summed E-state index contributed by atoms with van der Waals surface area (Å²) < 4.78 is 6.13. The monoisotopic (exact) mass is 267 g/mol. The van der Waals surface area contributed by atoms with E-state index >= 15 is 0 Å². The molecule has 1 aliphatic carbocycles. The van der Waals surface area contributed by atoms with Crippen LogP contribution in [0.15, 0.2) is 18.2 Å². The van der Waals surface area contributed by atoms with Gasteiger partial charge in [-0.15, -0.1) is 0 Å². The minimum Gasteiger partial charge on any atom is -0.490 e. The molecular formula is C15H22ClNO. The zero-order valence-corrected chi connectivity index (χ0v) is 11.9. The van der Waals surface area contributed by atoms with E-state index < -0.39 is 0 Å². The van der Waals surface area contributed by atoms with Crippen molar-refractivity contribution in [2.24, 2.45) is 11.7 Å². The number of ether oxygens (including phenoxy) is 1. The normalized spacial score (nSPS) is 25.8. The van der Waals surface area contributed by atoms with Crippen molar-refractivity contribution in [3.05, 3.63) is 28.8 Å². The van der Waals surface area contributed by atoms with E-state index in [1.54, 1.807) is 0 Å². The SMILES string of the molecule is CC1CCCC(Oc2ccc(Cl)cc2C(C)N)C1. The van der Waals surface area contributed by atoms with E-state index in [1.165, 1.54) is 12.8 Å². The Balaban J connectivity index is 2.12. The third kappa shape index (κ3) is 3.39. The molecule has 2 rings (SSSR count). The Kier molecular flexibility index (Phi) is 4.52. The smallest absolute Gasteiger partial charge is 0.124 e. The highest BCUT2D eigenvalue weighted by atomic mass is 35.5. The van der Waals surface area contributed by atoms with Crippen molar-refractivity contribution in [2.45, 2.75) is 51.7 Å². The summed E-state index contributed by atoms with van der Waals surface area (Å²) in [5.74, 6) is 1.66. The van der Waals surface area contributed by atoms with Crippen molar-refractivity contribution < 1.29 is 4.74 Å². The van der Waals surface area contributed by atoms with Crippen LogP contribution in [0.3, 0.4) is 0 Å². The Morgan fingerprint density at radius 1 is 1.39 bits per heavy atom. The molecule has 0 bridgehead atoms. The van der Waals surface area contributed by atoms with Gasteiger partial charge in [-0.3, -0.25) is 0 Å². The maximum absolute atomic E-state index is 6.13. The molecule has 0 amide bonds. The number of halogens is 1. The Morgan fingerprint density at radius 2 is 2.17 bits per heavy atom. The summed E-state index contributed by atoms with van der Waals surface area (Å²) in [7, 11) is 0. The van der Waals surface area contributed by atoms with Crippen molar-refractivity contribution >= 4 is 11.6 Å². The van der Waals surface area contributed by atoms with Crippen molar-refractivity contribution in [3.63, 3.8) is 0 Å². The van der Waals surface area contributed by atoms with Gasteiger partial charge >= 0.3 is 0 Å². The molecule has 3 unspecified atom stereocenters. The molecule has 1 aliphatic rings. The van der Waals surface area contributed by atoms with Crippen LogP contribution in [-0.2, 0) is 0 Å². The fraction of sp³-hybridized carbons (Fsp3) is 0.600. The Bertz CT molecular complexity index is 405. The first-order chi connectivity index (χ1) is 8.56. The third-order valence-electron chi connectivity index (χ3n) is 3.64. The van der Waals surface area contributed by atoms with Crippen LogP contribution in [0.1, 0.15) is 51.1 Å². The minimum atomic E-state index is -0.0558. The van der Waals surface area contributed by atoms with Gasteiger partial charge in [-0.1, -0.05) is 24.9 Å². The standard InChI is InChI=1S/C15H22ClNO/c1-10-4-3-5-13(8-10)18-15-7-6-12(16)9-14(15)11(2)17/h6-7,9-11,13H,3-5,8,17H2,1-2H3. The van der Waals surface area contributed by atoms with Crippen LogP contribution < -0.4 is 10.5 Å². The van der Waals surface area contributed by atoms with Crippen LogP contribution >= 0.6 is 11.6 Å². The number of nitrogens with two attached hydrogens (primary N) is 1. The van der Waals surface area contributed by atoms with Gasteiger partial charge in [0.2, 0.25) is 0 Å². The molecule has 0 heterocycles. The predicted molar refractivity (Wildman–Crippen MR) is 76.1 cm³/mol. The second-order valence-corrected chi connectivity index (χ2v) is 5.92. The van der Waals surface area contributed by atoms with Crippen LogP contribution in [0, 0.1) is 5.92 Å². The van der Waals surface area contributed by atoms with Gasteiger partial charge in [0.05, 0.1) is 6.10 Å². The summed E-state index contributed by atoms with van der Waals surface area (Å²) in [6, 6.07) is 5.67. The lowest BCUT2D eigenvalue weighted by Gasteiger charge is -2.28. The van der Waals surface area contributed by atoms with Crippen LogP contribution in [0.25, 0.3) is 0 Å². The topological polar surface area (TPSA) is 35.2 Å². The number of rotatable bonds is 3. The van der Waals surface area contributed by atoms with Crippen LogP contribution in [0.2, 0.25) is 5.02 Å². The summed E-state index contributed by atoms with van der Waals surface area (Å²) in [6.45, 7) is 4.26. The molecular weight excluding hydrogens is 246 g/mol. The molecule has 0 radical (unpaired) electrons. The van der Waals surface area contributed by atoms with Crippen molar-refractivity contribution in [1.82, 2.24) is 0 Å². The zero-order valence-electron chi connectivity index (χ0n) is 11.2. The molecule has 1 saturated carbocycles. The largest absolute Gasteiger partial charge is 0.490 e. The molecule has 0 aliphatic heterocycles. The summed E-state index contributed by atoms with van der Waals surface area (Å²) in [4.78, 5) is 0.